The molecule has 6 nitrogen and oxygen atoms in total. The molecule has 7 heteroatoms. The Morgan fingerprint density at radius 3 is 2.50 bits per heavy atom. The highest BCUT2D eigenvalue weighted by Gasteiger charge is 2.19. The fraction of sp³-hybridized carbons (Fsp3) is 0.467. The first-order chi connectivity index (χ1) is 10.4. The summed E-state index contributed by atoms with van der Waals surface area (Å²) in [6, 6.07) is 3.25. The summed E-state index contributed by atoms with van der Waals surface area (Å²) in [5.74, 6) is -0.188. The highest BCUT2D eigenvalue weighted by atomic mass is 79.9. The van der Waals surface area contributed by atoms with E-state index in [4.69, 9.17) is 14.6 Å². The number of ether oxygens (including phenoxy) is 2. The Labute approximate surface area is 138 Å². The lowest BCUT2D eigenvalue weighted by Crippen LogP contribution is -2.32. The Hall–Kier alpha value is -1.76. The summed E-state index contributed by atoms with van der Waals surface area (Å²) in [6.07, 6.45) is -0.0884. The van der Waals surface area contributed by atoms with E-state index in [9.17, 15) is 9.59 Å². The van der Waals surface area contributed by atoms with E-state index in [0.717, 1.165) is 0 Å². The number of carbonyl (C=O) groups is 2. The van der Waals surface area contributed by atoms with Gasteiger partial charge in [0.25, 0.3) is 5.91 Å². The van der Waals surface area contributed by atoms with Crippen LogP contribution in [0, 0.1) is 0 Å². The number of carbonyl (C=O) groups excluding carboxylic acids is 1. The first kappa shape index (κ1) is 18.3. The van der Waals surface area contributed by atoms with Crippen molar-refractivity contribution in [3.8, 4) is 11.5 Å². The molecule has 0 saturated carbocycles. The van der Waals surface area contributed by atoms with Crippen molar-refractivity contribution in [3.05, 3.63) is 22.2 Å². The van der Waals surface area contributed by atoms with Gasteiger partial charge in [-0.15, -0.1) is 0 Å². The van der Waals surface area contributed by atoms with Crippen molar-refractivity contribution < 1.29 is 24.2 Å². The predicted molar refractivity (Wildman–Crippen MR) is 85.7 cm³/mol. The van der Waals surface area contributed by atoms with Gasteiger partial charge in [0, 0.05) is 18.7 Å². The SMILES string of the molecule is CCOc1c(Br)cc(C(=O)N(CC)CCC(=O)O)cc1OC. The van der Waals surface area contributed by atoms with Crippen LogP contribution in [0.3, 0.4) is 0 Å². The summed E-state index contributed by atoms with van der Waals surface area (Å²) < 4.78 is 11.4. The van der Waals surface area contributed by atoms with E-state index in [1.54, 1.807) is 19.1 Å². The van der Waals surface area contributed by atoms with Crippen LogP contribution >= 0.6 is 15.9 Å². The van der Waals surface area contributed by atoms with Crippen molar-refractivity contribution >= 4 is 27.8 Å². The molecule has 0 spiro atoms. The summed E-state index contributed by atoms with van der Waals surface area (Å²) in [7, 11) is 1.50. The molecule has 1 rings (SSSR count). The van der Waals surface area contributed by atoms with Gasteiger partial charge in [0.2, 0.25) is 0 Å². The minimum absolute atomic E-state index is 0.0884. The molecule has 0 aromatic heterocycles. The highest BCUT2D eigenvalue weighted by Crippen LogP contribution is 2.36. The van der Waals surface area contributed by atoms with Gasteiger partial charge in [0.15, 0.2) is 11.5 Å². The van der Waals surface area contributed by atoms with Crippen molar-refractivity contribution in [3.63, 3.8) is 0 Å². The van der Waals surface area contributed by atoms with Crippen molar-refractivity contribution in [1.29, 1.82) is 0 Å². The van der Waals surface area contributed by atoms with Gasteiger partial charge in [-0.1, -0.05) is 0 Å². The second kappa shape index (κ2) is 8.63. The zero-order valence-electron chi connectivity index (χ0n) is 12.9. The van der Waals surface area contributed by atoms with Gasteiger partial charge in [-0.2, -0.15) is 0 Å². The monoisotopic (exact) mass is 373 g/mol. The van der Waals surface area contributed by atoms with Crippen LogP contribution < -0.4 is 9.47 Å². The van der Waals surface area contributed by atoms with Crippen LogP contribution in [0.15, 0.2) is 16.6 Å². The van der Waals surface area contributed by atoms with E-state index in [-0.39, 0.29) is 18.9 Å². The predicted octanol–water partition coefficient (Wildman–Crippen LogP) is 2.79. The van der Waals surface area contributed by atoms with Gasteiger partial charge in [-0.25, -0.2) is 0 Å². The average molecular weight is 374 g/mol. The first-order valence-electron chi connectivity index (χ1n) is 6.95. The first-order valence-corrected chi connectivity index (χ1v) is 7.75. The van der Waals surface area contributed by atoms with E-state index < -0.39 is 5.97 Å². The maximum absolute atomic E-state index is 12.5. The summed E-state index contributed by atoms with van der Waals surface area (Å²) >= 11 is 3.37. The van der Waals surface area contributed by atoms with E-state index in [0.29, 0.717) is 34.7 Å². The molecular weight excluding hydrogens is 354 g/mol. The standard InChI is InChI=1S/C15H20BrNO5/c1-4-17(7-6-13(18)19)15(20)10-8-11(16)14(22-5-2)12(9-10)21-3/h8-9H,4-7H2,1-3H3,(H,18,19). The molecule has 1 aromatic carbocycles. The van der Waals surface area contributed by atoms with Gasteiger partial charge in [-0.3, -0.25) is 9.59 Å². The second-order valence-electron chi connectivity index (χ2n) is 4.45. The molecule has 22 heavy (non-hydrogen) atoms. The Balaban J connectivity index is 3.06. The largest absolute Gasteiger partial charge is 0.493 e. The topological polar surface area (TPSA) is 76.1 Å². The fourth-order valence-electron chi connectivity index (χ4n) is 1.94. The molecule has 0 aliphatic heterocycles. The van der Waals surface area contributed by atoms with E-state index >= 15 is 0 Å². The lowest BCUT2D eigenvalue weighted by molar-refractivity contribution is -0.137. The van der Waals surface area contributed by atoms with Crippen molar-refractivity contribution in [2.75, 3.05) is 26.8 Å². The Bertz CT molecular complexity index is 547. The number of halogens is 1. The lowest BCUT2D eigenvalue weighted by atomic mass is 10.1. The number of carboxylic acid groups (broad SMARTS) is 1. The van der Waals surface area contributed by atoms with Crippen LogP contribution in [0.25, 0.3) is 0 Å². The molecule has 0 heterocycles. The number of carboxylic acids is 1. The normalized spacial score (nSPS) is 10.2. The zero-order chi connectivity index (χ0) is 16.7. The molecule has 1 N–H and O–H groups in total. The molecular formula is C15H20BrNO5. The van der Waals surface area contributed by atoms with E-state index in [1.165, 1.54) is 12.0 Å². The molecule has 0 aliphatic carbocycles. The van der Waals surface area contributed by atoms with Gasteiger partial charge in [0.05, 0.1) is 24.6 Å². The van der Waals surface area contributed by atoms with Gasteiger partial charge in [0.1, 0.15) is 0 Å². The van der Waals surface area contributed by atoms with Crippen LogP contribution in [0.2, 0.25) is 0 Å². The van der Waals surface area contributed by atoms with Gasteiger partial charge < -0.3 is 19.5 Å². The van der Waals surface area contributed by atoms with E-state index in [1.807, 2.05) is 6.92 Å². The average Bonchev–Trinajstić information content (AvgIpc) is 2.49. The minimum atomic E-state index is -0.934. The van der Waals surface area contributed by atoms with E-state index in [2.05, 4.69) is 15.9 Å². The maximum atomic E-state index is 12.5. The van der Waals surface area contributed by atoms with Crippen LogP contribution in [-0.4, -0.2) is 48.7 Å². The number of amides is 1. The number of rotatable bonds is 8. The molecule has 0 radical (unpaired) electrons. The number of hydrogen-bond acceptors (Lipinski definition) is 4. The lowest BCUT2D eigenvalue weighted by Gasteiger charge is -2.21. The third kappa shape index (κ3) is 4.62. The Morgan fingerprint density at radius 2 is 2.00 bits per heavy atom. The van der Waals surface area contributed by atoms with Crippen LogP contribution in [0.4, 0.5) is 0 Å². The number of aliphatic carboxylic acids is 1. The molecule has 0 atom stereocenters. The Morgan fingerprint density at radius 1 is 1.32 bits per heavy atom. The number of nitrogens with zero attached hydrogens (tertiary/aromatic N) is 1. The molecule has 0 bridgehead atoms. The molecule has 122 valence electrons. The fourth-order valence-corrected chi connectivity index (χ4v) is 2.50. The van der Waals surface area contributed by atoms with Crippen LogP contribution in [-0.2, 0) is 4.79 Å². The van der Waals surface area contributed by atoms with Crippen LogP contribution in [0.5, 0.6) is 11.5 Å². The smallest absolute Gasteiger partial charge is 0.305 e. The summed E-state index contributed by atoms with van der Waals surface area (Å²) in [5, 5.41) is 8.75. The molecule has 1 aromatic rings. The minimum Gasteiger partial charge on any atom is -0.493 e. The van der Waals surface area contributed by atoms with Gasteiger partial charge in [-0.05, 0) is 41.9 Å². The molecule has 0 unspecified atom stereocenters. The summed E-state index contributed by atoms with van der Waals surface area (Å²) in [5.41, 5.74) is 0.416. The summed E-state index contributed by atoms with van der Waals surface area (Å²) in [6.45, 7) is 4.73. The maximum Gasteiger partial charge on any atom is 0.305 e. The third-order valence-corrected chi connectivity index (χ3v) is 3.62. The van der Waals surface area contributed by atoms with Crippen molar-refractivity contribution in [2.24, 2.45) is 0 Å². The molecule has 0 fully saturated rings. The summed E-state index contributed by atoms with van der Waals surface area (Å²) in [4.78, 5) is 24.6. The third-order valence-electron chi connectivity index (χ3n) is 3.03. The Kier molecular flexibility index (Phi) is 7.17. The van der Waals surface area contributed by atoms with Gasteiger partial charge >= 0.3 is 5.97 Å². The molecule has 0 aliphatic rings. The number of benzene rings is 1. The quantitative estimate of drug-likeness (QED) is 0.757. The zero-order valence-corrected chi connectivity index (χ0v) is 14.5. The number of methoxy groups -OCH3 is 1. The second-order valence-corrected chi connectivity index (χ2v) is 5.31. The number of hydrogen-bond donors (Lipinski definition) is 1. The van der Waals surface area contributed by atoms with Crippen LogP contribution in [0.1, 0.15) is 30.6 Å². The molecule has 1 amide bonds. The molecule has 0 saturated heterocycles. The van der Waals surface area contributed by atoms with Crippen molar-refractivity contribution in [2.45, 2.75) is 20.3 Å². The van der Waals surface area contributed by atoms with Crippen molar-refractivity contribution in [1.82, 2.24) is 4.90 Å². The highest BCUT2D eigenvalue weighted by molar-refractivity contribution is 9.10.